The molecule has 1 fully saturated rings. The maximum absolute atomic E-state index is 12.0. The van der Waals surface area contributed by atoms with Gasteiger partial charge in [-0.2, -0.15) is 0 Å². The first-order valence-electron chi connectivity index (χ1n) is 6.80. The van der Waals surface area contributed by atoms with Crippen LogP contribution in [0.3, 0.4) is 0 Å². The van der Waals surface area contributed by atoms with Crippen molar-refractivity contribution in [2.24, 2.45) is 5.92 Å². The monoisotopic (exact) mass is 266 g/mol. The Kier molecular flexibility index (Phi) is 4.61. The van der Waals surface area contributed by atoms with Crippen LogP contribution >= 0.6 is 0 Å². The van der Waals surface area contributed by atoms with Crippen molar-refractivity contribution in [2.75, 3.05) is 13.1 Å². The van der Waals surface area contributed by atoms with Gasteiger partial charge < -0.3 is 14.8 Å². The summed E-state index contributed by atoms with van der Waals surface area (Å²) < 4.78 is 5.17. The van der Waals surface area contributed by atoms with Crippen LogP contribution in [-0.2, 0) is 11.3 Å². The molecular weight excluding hydrogens is 244 g/mol. The van der Waals surface area contributed by atoms with E-state index in [1.807, 2.05) is 24.8 Å². The number of piperidine rings is 1. The number of carbonyl (C=O) groups is 1. The predicted octanol–water partition coefficient (Wildman–Crippen LogP) is 0.987. The third-order valence-electron chi connectivity index (χ3n) is 3.89. The van der Waals surface area contributed by atoms with Crippen LogP contribution in [0.5, 0.6) is 0 Å². The van der Waals surface area contributed by atoms with Gasteiger partial charge in [-0.15, -0.1) is 0 Å². The van der Waals surface area contributed by atoms with Crippen LogP contribution in [0, 0.1) is 5.92 Å². The van der Waals surface area contributed by atoms with E-state index >= 15 is 0 Å². The summed E-state index contributed by atoms with van der Waals surface area (Å²) in [7, 11) is 0. The minimum atomic E-state index is -0.339. The Balaban J connectivity index is 1.81. The van der Waals surface area contributed by atoms with E-state index in [1.165, 1.54) is 0 Å². The molecule has 0 radical (unpaired) electrons. The molecule has 0 aromatic carbocycles. The largest absolute Gasteiger partial charge is 0.467 e. The second-order valence-corrected chi connectivity index (χ2v) is 5.30. The van der Waals surface area contributed by atoms with Gasteiger partial charge in [0.1, 0.15) is 5.76 Å². The average Bonchev–Trinajstić information content (AvgIpc) is 2.91. The van der Waals surface area contributed by atoms with Crippen LogP contribution in [0.4, 0.5) is 0 Å². The van der Waals surface area contributed by atoms with Gasteiger partial charge >= 0.3 is 0 Å². The lowest BCUT2D eigenvalue weighted by Gasteiger charge is -2.37. The van der Waals surface area contributed by atoms with E-state index in [4.69, 9.17) is 4.42 Å². The minimum Gasteiger partial charge on any atom is -0.467 e. The van der Waals surface area contributed by atoms with Crippen LogP contribution in [0.25, 0.3) is 0 Å². The molecule has 3 atom stereocenters. The maximum Gasteiger partial charge on any atom is 0.237 e. The summed E-state index contributed by atoms with van der Waals surface area (Å²) >= 11 is 0. The number of likely N-dealkylation sites (tertiary alicyclic amines) is 1. The van der Waals surface area contributed by atoms with Crippen molar-refractivity contribution in [1.29, 1.82) is 0 Å². The molecule has 1 amide bonds. The van der Waals surface area contributed by atoms with Gasteiger partial charge in [0.2, 0.25) is 5.91 Å². The normalized spacial score (nSPS) is 26.1. The van der Waals surface area contributed by atoms with Crippen LogP contribution in [0.15, 0.2) is 22.8 Å². The van der Waals surface area contributed by atoms with Crippen molar-refractivity contribution in [1.82, 2.24) is 10.2 Å². The molecule has 5 heteroatoms. The minimum absolute atomic E-state index is 0.0295. The molecule has 19 heavy (non-hydrogen) atoms. The zero-order chi connectivity index (χ0) is 13.8. The molecule has 2 N–H and O–H groups in total. The highest BCUT2D eigenvalue weighted by Gasteiger charge is 2.29. The first-order valence-corrected chi connectivity index (χ1v) is 6.80. The molecule has 1 saturated heterocycles. The van der Waals surface area contributed by atoms with Gasteiger partial charge in [-0.3, -0.25) is 9.69 Å². The highest BCUT2D eigenvalue weighted by molar-refractivity contribution is 5.81. The quantitative estimate of drug-likeness (QED) is 0.853. The lowest BCUT2D eigenvalue weighted by Crippen LogP contribution is -2.52. The fraction of sp³-hybridized carbons (Fsp3) is 0.643. The standard InChI is InChI=1S/C14H22N2O3/c1-10-5-6-16(9-13(10)17)11(2)14(18)15-8-12-4-3-7-19-12/h3-4,7,10-11,13,17H,5-6,8-9H2,1-2H3,(H,15,18). The SMILES string of the molecule is CC1CCN(C(C)C(=O)NCc2ccco2)CC1O. The summed E-state index contributed by atoms with van der Waals surface area (Å²) in [5.74, 6) is 1.03. The lowest BCUT2D eigenvalue weighted by atomic mass is 9.95. The van der Waals surface area contributed by atoms with Crippen LogP contribution < -0.4 is 5.32 Å². The molecule has 0 saturated carbocycles. The van der Waals surface area contributed by atoms with Gasteiger partial charge in [-0.05, 0) is 37.9 Å². The number of carbonyl (C=O) groups excluding carboxylic acids is 1. The average molecular weight is 266 g/mol. The zero-order valence-corrected chi connectivity index (χ0v) is 11.5. The summed E-state index contributed by atoms with van der Waals surface area (Å²) in [5.41, 5.74) is 0. The second kappa shape index (κ2) is 6.21. The van der Waals surface area contributed by atoms with E-state index in [0.29, 0.717) is 19.0 Å². The van der Waals surface area contributed by atoms with E-state index in [-0.39, 0.29) is 18.1 Å². The molecule has 1 aromatic rings. The number of furan rings is 1. The zero-order valence-electron chi connectivity index (χ0n) is 11.5. The van der Waals surface area contributed by atoms with Gasteiger partial charge in [-0.1, -0.05) is 6.92 Å². The van der Waals surface area contributed by atoms with Gasteiger partial charge in [0.15, 0.2) is 0 Å². The topological polar surface area (TPSA) is 65.7 Å². The van der Waals surface area contributed by atoms with Gasteiger partial charge in [0.25, 0.3) is 0 Å². The number of hydrogen-bond donors (Lipinski definition) is 2. The lowest BCUT2D eigenvalue weighted by molar-refractivity contribution is -0.127. The van der Waals surface area contributed by atoms with E-state index in [0.717, 1.165) is 18.7 Å². The van der Waals surface area contributed by atoms with Crippen molar-refractivity contribution >= 4 is 5.91 Å². The fourth-order valence-electron chi connectivity index (χ4n) is 2.33. The van der Waals surface area contributed by atoms with Crippen LogP contribution in [0.2, 0.25) is 0 Å². The van der Waals surface area contributed by atoms with Gasteiger partial charge in [0, 0.05) is 6.54 Å². The number of aliphatic hydroxyl groups is 1. The van der Waals surface area contributed by atoms with Crippen LogP contribution in [-0.4, -0.2) is 41.1 Å². The molecular formula is C14H22N2O3. The second-order valence-electron chi connectivity index (χ2n) is 5.30. The summed E-state index contributed by atoms with van der Waals surface area (Å²) in [6.45, 7) is 5.75. The molecule has 1 aliphatic heterocycles. The number of β-amino-alcohol motifs (C(OH)–C–C–N with tert-alkyl or cyclic N) is 1. The molecule has 1 aromatic heterocycles. The predicted molar refractivity (Wildman–Crippen MR) is 71.4 cm³/mol. The summed E-state index contributed by atoms with van der Waals surface area (Å²) in [6.07, 6.45) is 2.18. The van der Waals surface area contributed by atoms with E-state index in [1.54, 1.807) is 12.3 Å². The van der Waals surface area contributed by atoms with E-state index in [9.17, 15) is 9.90 Å². The van der Waals surface area contributed by atoms with Crippen molar-refractivity contribution in [3.63, 3.8) is 0 Å². The van der Waals surface area contributed by atoms with Crippen molar-refractivity contribution in [3.05, 3.63) is 24.2 Å². The Hall–Kier alpha value is -1.33. The fourth-order valence-corrected chi connectivity index (χ4v) is 2.33. The van der Waals surface area contributed by atoms with Gasteiger partial charge in [-0.25, -0.2) is 0 Å². The first-order chi connectivity index (χ1) is 9.08. The number of hydrogen-bond acceptors (Lipinski definition) is 4. The third-order valence-corrected chi connectivity index (χ3v) is 3.89. The number of rotatable bonds is 4. The van der Waals surface area contributed by atoms with E-state index in [2.05, 4.69) is 5.32 Å². The smallest absolute Gasteiger partial charge is 0.237 e. The molecule has 3 unspecified atom stereocenters. The third kappa shape index (κ3) is 3.58. The highest BCUT2D eigenvalue weighted by Crippen LogP contribution is 2.18. The molecule has 2 heterocycles. The number of amides is 1. The Morgan fingerprint density at radius 1 is 1.68 bits per heavy atom. The molecule has 106 valence electrons. The summed E-state index contributed by atoms with van der Waals surface area (Å²) in [6, 6.07) is 3.40. The summed E-state index contributed by atoms with van der Waals surface area (Å²) in [4.78, 5) is 14.1. The molecule has 0 bridgehead atoms. The Labute approximate surface area is 113 Å². The number of nitrogens with one attached hydrogen (secondary N) is 1. The van der Waals surface area contributed by atoms with Crippen LogP contribution in [0.1, 0.15) is 26.0 Å². The maximum atomic E-state index is 12.0. The Bertz CT molecular complexity index is 405. The Morgan fingerprint density at radius 3 is 3.11 bits per heavy atom. The number of aliphatic hydroxyl groups excluding tert-OH is 1. The molecule has 1 aliphatic rings. The van der Waals surface area contributed by atoms with Crippen molar-refractivity contribution in [2.45, 2.75) is 39.0 Å². The Morgan fingerprint density at radius 2 is 2.47 bits per heavy atom. The molecule has 2 rings (SSSR count). The molecule has 0 aliphatic carbocycles. The molecule has 5 nitrogen and oxygen atoms in total. The molecule has 0 spiro atoms. The van der Waals surface area contributed by atoms with Gasteiger partial charge in [0.05, 0.1) is 25.0 Å². The van der Waals surface area contributed by atoms with Crippen molar-refractivity contribution in [3.8, 4) is 0 Å². The summed E-state index contributed by atoms with van der Waals surface area (Å²) in [5, 5.41) is 12.7. The highest BCUT2D eigenvalue weighted by atomic mass is 16.3. The van der Waals surface area contributed by atoms with E-state index < -0.39 is 0 Å². The number of nitrogens with zero attached hydrogens (tertiary/aromatic N) is 1. The van der Waals surface area contributed by atoms with Crippen molar-refractivity contribution < 1.29 is 14.3 Å². The first kappa shape index (κ1) is 14.1.